The van der Waals surface area contributed by atoms with Gasteiger partial charge in [-0.15, -0.1) is 0 Å². The molecule has 8 heteroatoms. The summed E-state index contributed by atoms with van der Waals surface area (Å²) >= 11 is 5.92. The maximum absolute atomic E-state index is 13.1. The van der Waals surface area contributed by atoms with Gasteiger partial charge in [0, 0.05) is 40.9 Å². The lowest BCUT2D eigenvalue weighted by Crippen LogP contribution is -2.43. The highest BCUT2D eigenvalue weighted by Gasteiger charge is 2.30. The molecule has 3 amide bonds. The molecule has 0 saturated carbocycles. The number of anilines is 2. The van der Waals surface area contributed by atoms with E-state index in [0.717, 1.165) is 5.56 Å². The molecule has 0 radical (unpaired) electrons. The van der Waals surface area contributed by atoms with Crippen LogP contribution in [-0.2, 0) is 16.1 Å². The van der Waals surface area contributed by atoms with Gasteiger partial charge in [-0.25, -0.2) is 0 Å². The minimum absolute atomic E-state index is 0.140. The molecule has 0 saturated heterocycles. The smallest absolute Gasteiger partial charge is 0.254 e. The average molecular weight is 435 g/mol. The molecule has 0 atom stereocenters. The van der Waals surface area contributed by atoms with Crippen LogP contribution >= 0.6 is 11.6 Å². The summed E-state index contributed by atoms with van der Waals surface area (Å²) in [6.45, 7) is -0.0499. The molecular formula is C23H19ClN4O3. The van der Waals surface area contributed by atoms with Crippen molar-refractivity contribution in [1.29, 1.82) is 0 Å². The van der Waals surface area contributed by atoms with Crippen molar-refractivity contribution in [3.05, 3.63) is 89.2 Å². The van der Waals surface area contributed by atoms with Crippen molar-refractivity contribution in [2.75, 3.05) is 23.3 Å². The number of rotatable bonds is 4. The number of hydrogen-bond acceptors (Lipinski definition) is 4. The fraction of sp³-hybridized carbons (Fsp3) is 0.130. The number of carbonyl (C=O) groups is 3. The van der Waals surface area contributed by atoms with Crippen LogP contribution < -0.4 is 10.2 Å². The summed E-state index contributed by atoms with van der Waals surface area (Å²) in [5, 5.41) is 3.29. The number of benzene rings is 2. The summed E-state index contributed by atoms with van der Waals surface area (Å²) in [6, 6.07) is 17.2. The lowest BCUT2D eigenvalue weighted by Gasteiger charge is -2.22. The van der Waals surface area contributed by atoms with Crippen LogP contribution in [0.1, 0.15) is 15.9 Å². The van der Waals surface area contributed by atoms with E-state index >= 15 is 0 Å². The summed E-state index contributed by atoms with van der Waals surface area (Å²) in [5.41, 5.74) is 2.44. The number of amides is 3. The predicted octanol–water partition coefficient (Wildman–Crippen LogP) is 3.36. The zero-order valence-electron chi connectivity index (χ0n) is 16.5. The molecule has 2 aromatic carbocycles. The van der Waals surface area contributed by atoms with E-state index in [-0.39, 0.29) is 37.4 Å². The molecule has 0 unspecified atom stereocenters. The van der Waals surface area contributed by atoms with Crippen LogP contribution in [-0.4, -0.2) is 40.7 Å². The van der Waals surface area contributed by atoms with Gasteiger partial charge in [-0.2, -0.15) is 0 Å². The Balaban J connectivity index is 1.57. The molecule has 1 N–H and O–H groups in total. The fourth-order valence-corrected chi connectivity index (χ4v) is 3.55. The molecule has 1 aliphatic heterocycles. The molecule has 0 fully saturated rings. The van der Waals surface area contributed by atoms with Crippen molar-refractivity contribution in [3.8, 4) is 0 Å². The number of halogens is 1. The van der Waals surface area contributed by atoms with Crippen LogP contribution in [0.3, 0.4) is 0 Å². The Morgan fingerprint density at radius 2 is 1.68 bits per heavy atom. The molecule has 1 aromatic heterocycles. The highest BCUT2D eigenvalue weighted by Crippen LogP contribution is 2.26. The van der Waals surface area contributed by atoms with E-state index in [4.69, 9.17) is 11.6 Å². The van der Waals surface area contributed by atoms with Crippen molar-refractivity contribution in [2.24, 2.45) is 0 Å². The Morgan fingerprint density at radius 1 is 0.968 bits per heavy atom. The highest BCUT2D eigenvalue weighted by atomic mass is 35.5. The lowest BCUT2D eigenvalue weighted by atomic mass is 10.1. The first-order valence-corrected chi connectivity index (χ1v) is 10.0. The summed E-state index contributed by atoms with van der Waals surface area (Å²) in [5.74, 6) is -0.952. The number of nitrogens with zero attached hydrogens (tertiary/aromatic N) is 3. The summed E-state index contributed by atoms with van der Waals surface area (Å²) < 4.78 is 0. The molecule has 0 aliphatic carbocycles. The first kappa shape index (κ1) is 20.6. The van der Waals surface area contributed by atoms with Crippen LogP contribution in [0.5, 0.6) is 0 Å². The Labute approximate surface area is 184 Å². The number of pyridine rings is 1. The molecule has 0 spiro atoms. The van der Waals surface area contributed by atoms with Gasteiger partial charge in [0.15, 0.2) is 0 Å². The van der Waals surface area contributed by atoms with Crippen molar-refractivity contribution in [3.63, 3.8) is 0 Å². The average Bonchev–Trinajstić information content (AvgIpc) is 2.91. The van der Waals surface area contributed by atoms with Crippen LogP contribution in [0.2, 0.25) is 5.02 Å². The van der Waals surface area contributed by atoms with Gasteiger partial charge < -0.3 is 15.1 Å². The molecule has 3 aromatic rings. The second-order valence-electron chi connectivity index (χ2n) is 7.06. The quantitative estimate of drug-likeness (QED) is 0.682. The van der Waals surface area contributed by atoms with Crippen LogP contribution in [0.4, 0.5) is 11.4 Å². The summed E-state index contributed by atoms with van der Waals surface area (Å²) in [4.78, 5) is 45.5. The number of carbonyl (C=O) groups excluding carboxylic acids is 3. The largest absolute Gasteiger partial charge is 0.325 e. The van der Waals surface area contributed by atoms with E-state index in [1.54, 1.807) is 60.9 Å². The molecule has 31 heavy (non-hydrogen) atoms. The Morgan fingerprint density at radius 3 is 2.42 bits per heavy atom. The third-order valence-electron chi connectivity index (χ3n) is 4.91. The van der Waals surface area contributed by atoms with Crippen LogP contribution in [0.25, 0.3) is 0 Å². The van der Waals surface area contributed by atoms with Crippen molar-refractivity contribution >= 4 is 40.7 Å². The van der Waals surface area contributed by atoms with Gasteiger partial charge in [-0.1, -0.05) is 29.8 Å². The second-order valence-corrected chi connectivity index (χ2v) is 7.50. The van der Waals surface area contributed by atoms with Crippen molar-refractivity contribution in [1.82, 2.24) is 9.88 Å². The predicted molar refractivity (Wildman–Crippen MR) is 118 cm³/mol. The van der Waals surface area contributed by atoms with E-state index < -0.39 is 0 Å². The first-order valence-electron chi connectivity index (χ1n) is 9.64. The van der Waals surface area contributed by atoms with Gasteiger partial charge in [0.1, 0.15) is 13.1 Å². The molecule has 7 nitrogen and oxygen atoms in total. The molecule has 1 aliphatic rings. The zero-order chi connectivity index (χ0) is 21.8. The number of fused-ring (bicyclic) bond motifs is 1. The third kappa shape index (κ3) is 4.73. The minimum Gasteiger partial charge on any atom is -0.325 e. The van der Waals surface area contributed by atoms with E-state index in [2.05, 4.69) is 10.3 Å². The number of nitrogens with one attached hydrogen (secondary N) is 1. The monoisotopic (exact) mass is 434 g/mol. The number of para-hydroxylation sites is 1. The fourth-order valence-electron chi connectivity index (χ4n) is 3.42. The summed E-state index contributed by atoms with van der Waals surface area (Å²) in [7, 11) is 0. The van der Waals surface area contributed by atoms with E-state index in [9.17, 15) is 14.4 Å². The van der Waals surface area contributed by atoms with E-state index in [1.165, 1.54) is 9.80 Å². The van der Waals surface area contributed by atoms with Gasteiger partial charge in [0.05, 0.1) is 0 Å². The second kappa shape index (κ2) is 8.97. The van der Waals surface area contributed by atoms with Crippen molar-refractivity contribution in [2.45, 2.75) is 6.54 Å². The molecule has 0 bridgehead atoms. The highest BCUT2D eigenvalue weighted by molar-refractivity contribution is 6.30. The zero-order valence-corrected chi connectivity index (χ0v) is 17.2. The lowest BCUT2D eigenvalue weighted by molar-refractivity contribution is -0.122. The van der Waals surface area contributed by atoms with Gasteiger partial charge in [-0.05, 0) is 48.0 Å². The maximum atomic E-state index is 13.1. The first-order chi connectivity index (χ1) is 15.0. The standard InChI is InChI=1S/C23H19ClN4O3/c24-18-7-5-16(6-8-18)23(31)27-13-17-3-1-2-4-20(17)28(22(30)15-27)14-21(29)26-19-9-11-25-12-10-19/h1-12H,13-15H2,(H,25,26,29). The Bertz CT molecular complexity index is 1120. The SMILES string of the molecule is O=C(CN1C(=O)CN(C(=O)c2ccc(Cl)cc2)Cc2ccccc21)Nc1ccncc1. The van der Waals surface area contributed by atoms with Crippen LogP contribution in [0.15, 0.2) is 73.1 Å². The van der Waals surface area contributed by atoms with Gasteiger partial charge in [0.2, 0.25) is 11.8 Å². The minimum atomic E-state index is -0.341. The Hall–Kier alpha value is -3.71. The Kier molecular flexibility index (Phi) is 5.95. The van der Waals surface area contributed by atoms with Gasteiger partial charge in [-0.3, -0.25) is 19.4 Å². The van der Waals surface area contributed by atoms with E-state index in [1.807, 2.05) is 12.1 Å². The normalized spacial score (nSPS) is 13.4. The molecule has 156 valence electrons. The molecular weight excluding hydrogens is 416 g/mol. The van der Waals surface area contributed by atoms with E-state index in [0.29, 0.717) is 22.0 Å². The number of hydrogen-bond donors (Lipinski definition) is 1. The third-order valence-corrected chi connectivity index (χ3v) is 5.17. The topological polar surface area (TPSA) is 82.6 Å². The molecule has 4 rings (SSSR count). The van der Waals surface area contributed by atoms with Crippen LogP contribution in [0, 0.1) is 0 Å². The summed E-state index contributed by atoms with van der Waals surface area (Å²) in [6.07, 6.45) is 3.14. The molecule has 2 heterocycles. The maximum Gasteiger partial charge on any atom is 0.254 e. The van der Waals surface area contributed by atoms with Gasteiger partial charge >= 0.3 is 0 Å². The van der Waals surface area contributed by atoms with Crippen molar-refractivity contribution < 1.29 is 14.4 Å². The number of aromatic nitrogens is 1. The van der Waals surface area contributed by atoms with Gasteiger partial charge in [0.25, 0.3) is 5.91 Å².